The zero-order valence-electron chi connectivity index (χ0n) is 20.1. The molecule has 0 aromatic rings. The maximum Gasteiger partial charge on any atom is 1.00 e. The first-order valence-corrected chi connectivity index (χ1v) is 2.10. The van der Waals surface area contributed by atoms with Crippen LogP contribution in [-0.2, 0) is 10.4 Å². The molecule has 0 radical (unpaired) electrons. The molecular weight excluding hydrogens is 448 g/mol. The molecule has 0 aliphatic carbocycles. The first-order chi connectivity index (χ1) is 2.00. The standard InChI is InChI=1S/9K.H2O4S.9H/c;;;;;;;;;1-5(2,3)4;;;;;;;;;/h;;;;;;;;;(H2,1,2,3,4);;;;;;;;;/q9*+1;;9*-1. The van der Waals surface area contributed by atoms with E-state index in [0.29, 0.717) is 0 Å². The summed E-state index contributed by atoms with van der Waals surface area (Å²) in [6.45, 7) is 0. The minimum absolute atomic E-state index is 0. The van der Waals surface area contributed by atoms with Crippen molar-refractivity contribution in [2.24, 2.45) is 0 Å². The second kappa shape index (κ2) is 46.0. The third kappa shape index (κ3) is 81.8. The topological polar surface area (TPSA) is 74.6 Å². The van der Waals surface area contributed by atoms with Crippen molar-refractivity contribution in [1.29, 1.82) is 0 Å². The number of rotatable bonds is 0. The molecule has 0 bridgehead atoms. The van der Waals surface area contributed by atoms with E-state index in [0.717, 1.165) is 0 Å². The summed E-state index contributed by atoms with van der Waals surface area (Å²) < 4.78 is 31.6. The van der Waals surface area contributed by atoms with Gasteiger partial charge in [0.1, 0.15) is 0 Å². The molecule has 2 N–H and O–H groups in total. The maximum atomic E-state index is 8.74. The van der Waals surface area contributed by atoms with Gasteiger partial charge in [0.05, 0.1) is 0 Å². The van der Waals surface area contributed by atoms with E-state index in [9.17, 15) is 0 Å². The van der Waals surface area contributed by atoms with Crippen molar-refractivity contribution in [3.05, 3.63) is 0 Å². The fraction of sp³-hybridized carbons (Fsp3) is 0. The molecule has 0 aromatic heterocycles. The average Bonchev–Trinajstić information content (AvgIpc) is 0.722. The fourth-order valence-corrected chi connectivity index (χ4v) is 0. The van der Waals surface area contributed by atoms with E-state index in [2.05, 4.69) is 0 Å². The average molecular weight is 459 g/mol. The van der Waals surface area contributed by atoms with E-state index in [-0.39, 0.29) is 475 Å². The van der Waals surface area contributed by atoms with Crippen molar-refractivity contribution in [1.82, 2.24) is 0 Å². The summed E-state index contributed by atoms with van der Waals surface area (Å²) in [6.07, 6.45) is 0. The van der Waals surface area contributed by atoms with E-state index in [1.54, 1.807) is 0 Å². The van der Waals surface area contributed by atoms with Gasteiger partial charge in [0.2, 0.25) is 0 Å². The molecule has 50 valence electrons. The summed E-state index contributed by atoms with van der Waals surface area (Å²) in [5.74, 6) is 0. The molecule has 14 heteroatoms. The van der Waals surface area contributed by atoms with Gasteiger partial charge < -0.3 is 12.8 Å². The van der Waals surface area contributed by atoms with Crippen LogP contribution < -0.4 is 462 Å². The SMILES string of the molecule is O=S(=O)(O)O.[H-].[H-].[H-].[H-].[H-].[H-].[H-].[H-].[H-].[K+].[K+].[K+].[K+].[K+].[K+].[K+].[K+].[K+]. The molecule has 0 rings (SSSR count). The minimum Gasteiger partial charge on any atom is -1.00 e. The van der Waals surface area contributed by atoms with Crippen molar-refractivity contribution in [2.75, 3.05) is 0 Å². The summed E-state index contributed by atoms with van der Waals surface area (Å²) in [4.78, 5) is 0. The molecule has 4 nitrogen and oxygen atoms in total. The Balaban J connectivity index is -0.000000000523. The molecule has 0 heterocycles. The van der Waals surface area contributed by atoms with Crippen LogP contribution in [0.5, 0.6) is 0 Å². The normalized spacial score (nSPS) is 4.14. The maximum absolute atomic E-state index is 8.74. The summed E-state index contributed by atoms with van der Waals surface area (Å²) in [5, 5.41) is 0. The monoisotopic (exact) mass is 458 g/mol. The number of hydrogen-bond donors (Lipinski definition) is 2. The van der Waals surface area contributed by atoms with Crippen LogP contribution >= 0.6 is 0 Å². The molecule has 0 aromatic carbocycles. The Bertz CT molecular complexity index is 122. The molecule has 0 saturated carbocycles. The molecule has 0 spiro atoms. The van der Waals surface area contributed by atoms with Gasteiger partial charge in [-0.15, -0.1) is 0 Å². The summed E-state index contributed by atoms with van der Waals surface area (Å²) >= 11 is 0. The van der Waals surface area contributed by atoms with Crippen LogP contribution in [0.2, 0.25) is 0 Å². The van der Waals surface area contributed by atoms with Gasteiger partial charge in [-0.25, -0.2) is 0 Å². The van der Waals surface area contributed by atoms with E-state index in [4.69, 9.17) is 17.5 Å². The van der Waals surface area contributed by atoms with E-state index >= 15 is 0 Å². The van der Waals surface area contributed by atoms with Gasteiger partial charge in [0, 0.05) is 0 Å². The smallest absolute Gasteiger partial charge is 1.00 e. The number of hydrogen-bond acceptors (Lipinski definition) is 2. The Labute approximate surface area is 483 Å². The molecule has 0 unspecified atom stereocenters. The van der Waals surface area contributed by atoms with E-state index in [1.807, 2.05) is 0 Å². The van der Waals surface area contributed by atoms with Gasteiger partial charge in [-0.1, -0.05) is 0 Å². The molecule has 0 atom stereocenters. The van der Waals surface area contributed by atoms with Gasteiger partial charge in [0.25, 0.3) is 0 Å². The van der Waals surface area contributed by atoms with Gasteiger partial charge in [0.15, 0.2) is 0 Å². The molecule has 0 saturated heterocycles. The second-order valence-corrected chi connectivity index (χ2v) is 1.34. The van der Waals surface area contributed by atoms with Crippen molar-refractivity contribution in [3.63, 3.8) is 0 Å². The van der Waals surface area contributed by atoms with Crippen molar-refractivity contribution >= 4 is 10.4 Å². The predicted octanol–water partition coefficient (Wildman–Crippen LogP) is -26.6. The van der Waals surface area contributed by atoms with Gasteiger partial charge in [-0.3, -0.25) is 9.11 Å². The third-order valence-corrected chi connectivity index (χ3v) is 0. The minimum atomic E-state index is -4.67. The third-order valence-electron chi connectivity index (χ3n) is 0. The molecule has 0 aliphatic rings. The molecular formula is H11K9O4S. The Morgan fingerprint density at radius 2 is 0.571 bits per heavy atom. The van der Waals surface area contributed by atoms with Crippen LogP contribution in [0.1, 0.15) is 12.8 Å². The second-order valence-electron chi connectivity index (χ2n) is 0.448. The van der Waals surface area contributed by atoms with Crippen LogP contribution in [0.3, 0.4) is 0 Å². The van der Waals surface area contributed by atoms with Crippen LogP contribution in [0.15, 0.2) is 0 Å². The van der Waals surface area contributed by atoms with Crippen LogP contribution in [0.25, 0.3) is 0 Å². The van der Waals surface area contributed by atoms with Crippen LogP contribution in [0, 0.1) is 0 Å². The summed E-state index contributed by atoms with van der Waals surface area (Å²) in [6, 6.07) is 0. The van der Waals surface area contributed by atoms with Gasteiger partial charge >= 0.3 is 473 Å². The predicted molar refractivity (Wildman–Crippen MR) is 24.2 cm³/mol. The molecule has 0 amide bonds. The fourth-order valence-electron chi connectivity index (χ4n) is 0. The summed E-state index contributed by atoms with van der Waals surface area (Å²) in [7, 11) is -4.67. The van der Waals surface area contributed by atoms with E-state index < -0.39 is 10.4 Å². The Kier molecular flexibility index (Phi) is 207. The van der Waals surface area contributed by atoms with Crippen molar-refractivity contribution in [2.45, 2.75) is 0 Å². The molecule has 14 heavy (non-hydrogen) atoms. The largest absolute Gasteiger partial charge is 1.00 e. The van der Waals surface area contributed by atoms with Crippen LogP contribution in [0.4, 0.5) is 0 Å². The van der Waals surface area contributed by atoms with Crippen molar-refractivity contribution in [3.8, 4) is 0 Å². The quantitative estimate of drug-likeness (QED) is 0.279. The van der Waals surface area contributed by atoms with Crippen LogP contribution in [-0.4, -0.2) is 17.5 Å². The van der Waals surface area contributed by atoms with E-state index in [1.165, 1.54) is 0 Å². The first-order valence-electron chi connectivity index (χ1n) is 0.698. The first kappa shape index (κ1) is 63.0. The zero-order valence-corrected chi connectivity index (χ0v) is 40.0. The molecule has 0 aliphatic heterocycles. The van der Waals surface area contributed by atoms with Crippen molar-refractivity contribution < 1.29 is 493 Å². The Hall–Kier alpha value is 14.6. The Morgan fingerprint density at radius 3 is 0.571 bits per heavy atom. The van der Waals surface area contributed by atoms with Gasteiger partial charge in [-0.2, -0.15) is 8.42 Å². The zero-order chi connectivity index (χ0) is 4.50. The Morgan fingerprint density at radius 1 is 0.571 bits per heavy atom. The summed E-state index contributed by atoms with van der Waals surface area (Å²) in [5.41, 5.74) is 0. The van der Waals surface area contributed by atoms with Gasteiger partial charge in [-0.05, 0) is 0 Å². The molecule has 0 fully saturated rings.